The van der Waals surface area contributed by atoms with Crippen molar-refractivity contribution in [3.8, 4) is 10.6 Å². The third kappa shape index (κ3) is 4.15. The molecule has 0 atom stereocenters. The van der Waals surface area contributed by atoms with Gasteiger partial charge in [-0.25, -0.2) is 0 Å². The Balaban J connectivity index is 1.37. The van der Waals surface area contributed by atoms with Gasteiger partial charge in [0.1, 0.15) is 0 Å². The zero-order valence-corrected chi connectivity index (χ0v) is 12.7. The fraction of sp³-hybridized carbons (Fsp3) is 0.467. The number of amides is 1. The van der Waals surface area contributed by atoms with Gasteiger partial charge in [-0.15, -0.1) is 11.3 Å². The van der Waals surface area contributed by atoms with Gasteiger partial charge in [0.15, 0.2) is 0 Å². The van der Waals surface area contributed by atoms with Crippen molar-refractivity contribution < 1.29 is 4.79 Å². The number of aromatic amines is 1. The van der Waals surface area contributed by atoms with Gasteiger partial charge in [0.25, 0.3) is 0 Å². The van der Waals surface area contributed by atoms with Gasteiger partial charge in [-0.2, -0.15) is 5.10 Å². The molecule has 5 nitrogen and oxygen atoms in total. The van der Waals surface area contributed by atoms with Crippen LogP contribution in [-0.4, -0.2) is 28.7 Å². The average Bonchev–Trinajstić information content (AvgIpc) is 2.94. The number of thiophene rings is 1. The normalized spacial score (nSPS) is 14.3. The minimum atomic E-state index is 0.182. The molecule has 1 fully saturated rings. The van der Waals surface area contributed by atoms with Gasteiger partial charge in [0.05, 0.1) is 16.8 Å². The standard InChI is InChI=1S/C15H20N4OS/c20-14(18-12-5-6-12)4-1-7-16-9-11-10-17-19-15(11)13-3-2-8-21-13/h2-3,8,10,12,16H,1,4-7,9H2,(H,17,19)(H,18,20). The SMILES string of the molecule is O=C(CCCNCc1cn[nH]c1-c1cccs1)NC1CC1. The second-order valence-corrected chi connectivity index (χ2v) is 6.32. The summed E-state index contributed by atoms with van der Waals surface area (Å²) in [6.45, 7) is 1.61. The number of nitrogens with one attached hydrogen (secondary N) is 3. The van der Waals surface area contributed by atoms with Crippen molar-refractivity contribution in [2.75, 3.05) is 6.54 Å². The molecule has 112 valence electrons. The highest BCUT2D eigenvalue weighted by Gasteiger charge is 2.22. The molecule has 1 amide bonds. The summed E-state index contributed by atoms with van der Waals surface area (Å²) in [5, 5.41) is 15.6. The molecule has 6 heteroatoms. The lowest BCUT2D eigenvalue weighted by Gasteiger charge is -2.05. The van der Waals surface area contributed by atoms with E-state index in [1.165, 1.54) is 10.4 Å². The van der Waals surface area contributed by atoms with Crippen molar-refractivity contribution in [3.63, 3.8) is 0 Å². The number of H-pyrrole nitrogens is 1. The molecule has 0 radical (unpaired) electrons. The fourth-order valence-corrected chi connectivity index (χ4v) is 2.96. The summed E-state index contributed by atoms with van der Waals surface area (Å²) in [4.78, 5) is 12.7. The van der Waals surface area contributed by atoms with Crippen molar-refractivity contribution >= 4 is 17.2 Å². The van der Waals surface area contributed by atoms with Gasteiger partial charge in [-0.1, -0.05) is 6.07 Å². The first kappa shape index (κ1) is 14.3. The number of hydrogen-bond acceptors (Lipinski definition) is 4. The molecular weight excluding hydrogens is 284 g/mol. The summed E-state index contributed by atoms with van der Waals surface area (Å²) < 4.78 is 0. The first-order valence-corrected chi connectivity index (χ1v) is 8.27. The zero-order chi connectivity index (χ0) is 14.5. The first-order valence-electron chi connectivity index (χ1n) is 7.39. The summed E-state index contributed by atoms with van der Waals surface area (Å²) in [5.41, 5.74) is 2.25. The van der Waals surface area contributed by atoms with Crippen LogP contribution in [0.3, 0.4) is 0 Å². The minimum absolute atomic E-state index is 0.182. The van der Waals surface area contributed by atoms with E-state index in [0.29, 0.717) is 12.5 Å². The molecule has 1 saturated carbocycles. The highest BCUT2D eigenvalue weighted by Crippen LogP contribution is 2.25. The minimum Gasteiger partial charge on any atom is -0.353 e. The number of nitrogens with zero attached hydrogens (tertiary/aromatic N) is 1. The summed E-state index contributed by atoms with van der Waals surface area (Å²) >= 11 is 1.70. The second kappa shape index (κ2) is 6.87. The summed E-state index contributed by atoms with van der Waals surface area (Å²) in [6.07, 6.45) is 5.63. The van der Waals surface area contributed by atoms with Crippen LogP contribution < -0.4 is 10.6 Å². The van der Waals surface area contributed by atoms with Crippen LogP contribution >= 0.6 is 11.3 Å². The predicted molar refractivity (Wildman–Crippen MR) is 84.0 cm³/mol. The first-order chi connectivity index (χ1) is 10.3. The van der Waals surface area contributed by atoms with E-state index < -0.39 is 0 Å². The number of carbonyl (C=O) groups excluding carboxylic acids is 1. The van der Waals surface area contributed by atoms with Gasteiger partial charge >= 0.3 is 0 Å². The molecule has 0 saturated heterocycles. The molecule has 3 rings (SSSR count). The molecule has 2 aromatic rings. The lowest BCUT2D eigenvalue weighted by Crippen LogP contribution is -2.26. The Kier molecular flexibility index (Phi) is 4.67. The van der Waals surface area contributed by atoms with Crippen LogP contribution in [0.15, 0.2) is 23.7 Å². The largest absolute Gasteiger partial charge is 0.353 e. The van der Waals surface area contributed by atoms with Gasteiger partial charge in [-0.05, 0) is 37.3 Å². The number of carbonyl (C=O) groups is 1. The van der Waals surface area contributed by atoms with Crippen molar-refractivity contribution in [1.29, 1.82) is 0 Å². The van der Waals surface area contributed by atoms with E-state index in [1.54, 1.807) is 11.3 Å². The topological polar surface area (TPSA) is 69.8 Å². The van der Waals surface area contributed by atoms with Crippen LogP contribution in [0.4, 0.5) is 0 Å². The maximum absolute atomic E-state index is 11.5. The molecule has 3 N–H and O–H groups in total. The van der Waals surface area contributed by atoms with Crippen molar-refractivity contribution in [1.82, 2.24) is 20.8 Å². The van der Waals surface area contributed by atoms with E-state index in [-0.39, 0.29) is 5.91 Å². The molecule has 0 spiro atoms. The fourth-order valence-electron chi connectivity index (χ4n) is 2.20. The smallest absolute Gasteiger partial charge is 0.220 e. The average molecular weight is 304 g/mol. The zero-order valence-electron chi connectivity index (χ0n) is 11.9. The van der Waals surface area contributed by atoms with Crippen LogP contribution in [0, 0.1) is 0 Å². The summed E-state index contributed by atoms with van der Waals surface area (Å²) in [5.74, 6) is 0.182. The highest BCUT2D eigenvalue weighted by atomic mass is 32.1. The van der Waals surface area contributed by atoms with Crippen LogP contribution in [0.2, 0.25) is 0 Å². The maximum Gasteiger partial charge on any atom is 0.220 e. The third-order valence-electron chi connectivity index (χ3n) is 3.50. The van der Waals surface area contributed by atoms with Gasteiger partial charge in [0.2, 0.25) is 5.91 Å². The Hall–Kier alpha value is -1.66. The molecule has 0 aliphatic heterocycles. The molecule has 0 bridgehead atoms. The van der Waals surface area contributed by atoms with E-state index >= 15 is 0 Å². The Bertz CT molecular complexity index is 574. The van der Waals surface area contributed by atoms with Crippen LogP contribution in [-0.2, 0) is 11.3 Å². The molecule has 0 unspecified atom stereocenters. The second-order valence-electron chi connectivity index (χ2n) is 5.37. The molecule has 1 aliphatic carbocycles. The molecule has 1 aliphatic rings. The Labute approximate surface area is 128 Å². The molecule has 2 heterocycles. The Morgan fingerprint density at radius 1 is 1.48 bits per heavy atom. The molecule has 2 aromatic heterocycles. The lowest BCUT2D eigenvalue weighted by molar-refractivity contribution is -0.121. The van der Waals surface area contributed by atoms with Gasteiger partial charge < -0.3 is 10.6 Å². The maximum atomic E-state index is 11.5. The Morgan fingerprint density at radius 2 is 2.38 bits per heavy atom. The van der Waals surface area contributed by atoms with E-state index in [0.717, 1.165) is 38.0 Å². The van der Waals surface area contributed by atoms with Crippen molar-refractivity contribution in [2.45, 2.75) is 38.3 Å². The molecular formula is C15H20N4OS. The quantitative estimate of drug-likeness (QED) is 0.655. The van der Waals surface area contributed by atoms with Crippen molar-refractivity contribution in [2.24, 2.45) is 0 Å². The summed E-state index contributed by atoms with van der Waals surface area (Å²) in [6, 6.07) is 4.59. The monoisotopic (exact) mass is 304 g/mol. The Morgan fingerprint density at radius 3 is 3.14 bits per heavy atom. The lowest BCUT2D eigenvalue weighted by atomic mass is 10.2. The highest BCUT2D eigenvalue weighted by molar-refractivity contribution is 7.13. The molecule has 0 aromatic carbocycles. The number of rotatable bonds is 8. The van der Waals surface area contributed by atoms with Gasteiger partial charge in [-0.3, -0.25) is 9.89 Å². The van der Waals surface area contributed by atoms with E-state index in [9.17, 15) is 4.79 Å². The third-order valence-corrected chi connectivity index (χ3v) is 4.39. The number of hydrogen-bond donors (Lipinski definition) is 3. The van der Waals surface area contributed by atoms with Crippen molar-refractivity contribution in [3.05, 3.63) is 29.3 Å². The molecule has 21 heavy (non-hydrogen) atoms. The van der Waals surface area contributed by atoms with Crippen LogP contribution in [0.25, 0.3) is 10.6 Å². The van der Waals surface area contributed by atoms with Crippen LogP contribution in [0.1, 0.15) is 31.2 Å². The van der Waals surface area contributed by atoms with E-state index in [1.807, 2.05) is 12.3 Å². The van der Waals surface area contributed by atoms with E-state index in [2.05, 4.69) is 32.3 Å². The summed E-state index contributed by atoms with van der Waals surface area (Å²) in [7, 11) is 0. The number of aromatic nitrogens is 2. The van der Waals surface area contributed by atoms with Gasteiger partial charge in [0, 0.05) is 24.6 Å². The van der Waals surface area contributed by atoms with E-state index in [4.69, 9.17) is 0 Å². The van der Waals surface area contributed by atoms with Crippen LogP contribution in [0.5, 0.6) is 0 Å². The predicted octanol–water partition coefficient (Wildman–Crippen LogP) is 2.29.